The number of nitrogens with zero attached hydrogens (tertiary/aromatic N) is 1. The molecule has 0 radical (unpaired) electrons. The molecule has 3 rings (SSSR count). The molecule has 0 spiro atoms. The van der Waals surface area contributed by atoms with E-state index in [2.05, 4.69) is 18.3 Å². The van der Waals surface area contributed by atoms with Gasteiger partial charge in [0.2, 0.25) is 0 Å². The van der Waals surface area contributed by atoms with Gasteiger partial charge in [-0.25, -0.2) is 0 Å². The van der Waals surface area contributed by atoms with Crippen LogP contribution in [0.1, 0.15) is 28.8 Å². The Hall–Kier alpha value is -1.83. The number of carbonyl (C=O) groups is 1. The highest BCUT2D eigenvalue weighted by molar-refractivity contribution is 5.98. The fraction of sp³-hybridized carbons (Fsp3) is 0.214. The van der Waals surface area contributed by atoms with Crippen LogP contribution in [0, 0.1) is 0 Å². The monoisotopic (exact) mass is 211 g/mol. The molecule has 16 heavy (non-hydrogen) atoms. The predicted octanol–water partition coefficient (Wildman–Crippen LogP) is 3.00. The number of hydrogen-bond donors (Lipinski definition) is 0. The second-order valence-corrected chi connectivity index (χ2v) is 4.22. The van der Waals surface area contributed by atoms with Crippen LogP contribution >= 0.6 is 0 Å². The summed E-state index contributed by atoms with van der Waals surface area (Å²) in [5, 5.41) is 0. The standard InChI is InChI=1S/C14H13NO/c16-14-8-4-5-11-9-15(10-13(11)14)12-6-2-1-3-7-12/h1-3,6-7,9-10H,4-5,8H2. The lowest BCUT2D eigenvalue weighted by molar-refractivity contribution is 0.0973. The minimum atomic E-state index is 0.288. The van der Waals surface area contributed by atoms with Crippen molar-refractivity contribution < 1.29 is 4.79 Å². The molecule has 1 aliphatic rings. The number of rotatable bonds is 1. The molecule has 0 amide bonds. The van der Waals surface area contributed by atoms with E-state index in [0.717, 1.165) is 24.1 Å². The summed E-state index contributed by atoms with van der Waals surface area (Å²) in [4.78, 5) is 11.7. The molecule has 0 bridgehead atoms. The maximum Gasteiger partial charge on any atom is 0.164 e. The number of fused-ring (bicyclic) bond motifs is 1. The van der Waals surface area contributed by atoms with Gasteiger partial charge in [-0.2, -0.15) is 0 Å². The van der Waals surface area contributed by atoms with Crippen molar-refractivity contribution >= 4 is 5.78 Å². The Bertz CT molecular complexity index is 525. The molecule has 2 aromatic rings. The van der Waals surface area contributed by atoms with Gasteiger partial charge in [0.25, 0.3) is 0 Å². The molecule has 0 unspecified atom stereocenters. The summed E-state index contributed by atoms with van der Waals surface area (Å²) >= 11 is 0. The van der Waals surface area contributed by atoms with Gasteiger partial charge in [-0.3, -0.25) is 4.79 Å². The zero-order valence-corrected chi connectivity index (χ0v) is 9.02. The van der Waals surface area contributed by atoms with Gasteiger partial charge in [0.15, 0.2) is 5.78 Å². The summed E-state index contributed by atoms with van der Waals surface area (Å²) in [6, 6.07) is 10.1. The first-order valence-electron chi connectivity index (χ1n) is 5.64. The summed E-state index contributed by atoms with van der Waals surface area (Å²) < 4.78 is 2.05. The van der Waals surface area contributed by atoms with Crippen LogP contribution in [0.15, 0.2) is 42.7 Å². The summed E-state index contributed by atoms with van der Waals surface area (Å²) in [7, 11) is 0. The van der Waals surface area contributed by atoms with Gasteiger partial charge in [0.1, 0.15) is 0 Å². The van der Waals surface area contributed by atoms with E-state index in [-0.39, 0.29) is 5.78 Å². The molecule has 80 valence electrons. The van der Waals surface area contributed by atoms with Crippen molar-refractivity contribution in [3.05, 3.63) is 53.9 Å². The Balaban J connectivity index is 2.08. The topological polar surface area (TPSA) is 22.0 Å². The number of para-hydroxylation sites is 1. The minimum Gasteiger partial charge on any atom is -0.323 e. The van der Waals surface area contributed by atoms with E-state index < -0.39 is 0 Å². The van der Waals surface area contributed by atoms with Crippen molar-refractivity contribution in [1.29, 1.82) is 0 Å². The largest absolute Gasteiger partial charge is 0.323 e. The second kappa shape index (κ2) is 3.63. The lowest BCUT2D eigenvalue weighted by Gasteiger charge is -2.07. The molecule has 0 fully saturated rings. The van der Waals surface area contributed by atoms with Crippen molar-refractivity contribution in [2.24, 2.45) is 0 Å². The van der Waals surface area contributed by atoms with E-state index >= 15 is 0 Å². The molecule has 2 nitrogen and oxygen atoms in total. The number of hydrogen-bond acceptors (Lipinski definition) is 1. The average Bonchev–Trinajstić information content (AvgIpc) is 2.76. The first kappa shape index (κ1) is 9.40. The molecule has 0 N–H and O–H groups in total. The smallest absolute Gasteiger partial charge is 0.164 e. The first-order chi connectivity index (χ1) is 7.84. The normalized spacial score (nSPS) is 14.9. The molecular formula is C14H13NO. The van der Waals surface area contributed by atoms with Crippen molar-refractivity contribution in [3.63, 3.8) is 0 Å². The van der Waals surface area contributed by atoms with Crippen molar-refractivity contribution in [3.8, 4) is 5.69 Å². The van der Waals surface area contributed by atoms with Crippen LogP contribution in [-0.2, 0) is 6.42 Å². The van der Waals surface area contributed by atoms with Gasteiger partial charge < -0.3 is 4.57 Å². The molecule has 0 atom stereocenters. The third kappa shape index (κ3) is 1.47. The zero-order chi connectivity index (χ0) is 11.0. The number of carbonyl (C=O) groups excluding carboxylic acids is 1. The van der Waals surface area contributed by atoms with E-state index in [9.17, 15) is 4.79 Å². The molecule has 0 aliphatic heterocycles. The van der Waals surface area contributed by atoms with E-state index in [4.69, 9.17) is 0 Å². The van der Waals surface area contributed by atoms with Crippen LogP contribution in [0.25, 0.3) is 5.69 Å². The maximum absolute atomic E-state index is 11.7. The third-order valence-electron chi connectivity index (χ3n) is 3.11. The number of benzene rings is 1. The van der Waals surface area contributed by atoms with Gasteiger partial charge in [-0.05, 0) is 30.5 Å². The molecule has 0 saturated heterocycles. The average molecular weight is 211 g/mol. The number of aromatic nitrogens is 1. The molecule has 1 aliphatic carbocycles. The van der Waals surface area contributed by atoms with Crippen LogP contribution in [0.2, 0.25) is 0 Å². The molecule has 1 aromatic carbocycles. The Kier molecular flexibility index (Phi) is 2.13. The van der Waals surface area contributed by atoms with Gasteiger partial charge in [0, 0.05) is 30.1 Å². The van der Waals surface area contributed by atoms with E-state index in [1.165, 1.54) is 5.56 Å². The van der Waals surface area contributed by atoms with Gasteiger partial charge in [-0.1, -0.05) is 18.2 Å². The van der Waals surface area contributed by atoms with Crippen molar-refractivity contribution in [1.82, 2.24) is 4.57 Å². The number of ketones is 1. The Morgan fingerprint density at radius 2 is 1.81 bits per heavy atom. The third-order valence-corrected chi connectivity index (χ3v) is 3.11. The van der Waals surface area contributed by atoms with E-state index in [1.54, 1.807) is 0 Å². The van der Waals surface area contributed by atoms with Gasteiger partial charge in [0.05, 0.1) is 0 Å². The van der Waals surface area contributed by atoms with Crippen LogP contribution < -0.4 is 0 Å². The molecular weight excluding hydrogens is 198 g/mol. The minimum absolute atomic E-state index is 0.288. The number of Topliss-reactive ketones (excluding diaryl/α,β-unsaturated/α-hetero) is 1. The van der Waals surface area contributed by atoms with E-state index in [0.29, 0.717) is 6.42 Å². The van der Waals surface area contributed by atoms with Crippen LogP contribution in [0.5, 0.6) is 0 Å². The lowest BCUT2D eigenvalue weighted by atomic mass is 9.95. The Morgan fingerprint density at radius 1 is 1.00 bits per heavy atom. The summed E-state index contributed by atoms with van der Waals surface area (Å²) in [5.41, 5.74) is 3.22. The van der Waals surface area contributed by atoms with Crippen LogP contribution in [0.4, 0.5) is 0 Å². The summed E-state index contributed by atoms with van der Waals surface area (Å²) in [6.07, 6.45) is 6.77. The van der Waals surface area contributed by atoms with Gasteiger partial charge >= 0.3 is 0 Å². The number of aryl methyl sites for hydroxylation is 1. The predicted molar refractivity (Wildman–Crippen MR) is 63.0 cm³/mol. The van der Waals surface area contributed by atoms with Gasteiger partial charge in [-0.15, -0.1) is 0 Å². The molecule has 1 heterocycles. The van der Waals surface area contributed by atoms with E-state index in [1.807, 2.05) is 29.0 Å². The highest BCUT2D eigenvalue weighted by Gasteiger charge is 2.19. The maximum atomic E-state index is 11.7. The van der Waals surface area contributed by atoms with Crippen LogP contribution in [-0.4, -0.2) is 10.4 Å². The van der Waals surface area contributed by atoms with Crippen molar-refractivity contribution in [2.75, 3.05) is 0 Å². The molecule has 2 heteroatoms. The first-order valence-corrected chi connectivity index (χ1v) is 5.64. The molecule has 0 saturated carbocycles. The molecule has 1 aromatic heterocycles. The Morgan fingerprint density at radius 3 is 2.56 bits per heavy atom. The van der Waals surface area contributed by atoms with Crippen molar-refractivity contribution in [2.45, 2.75) is 19.3 Å². The second-order valence-electron chi connectivity index (χ2n) is 4.22. The fourth-order valence-electron chi connectivity index (χ4n) is 2.27. The highest BCUT2D eigenvalue weighted by atomic mass is 16.1. The highest BCUT2D eigenvalue weighted by Crippen LogP contribution is 2.23. The lowest BCUT2D eigenvalue weighted by Crippen LogP contribution is -2.07. The summed E-state index contributed by atoms with van der Waals surface area (Å²) in [6.45, 7) is 0. The quantitative estimate of drug-likeness (QED) is 0.710. The summed E-state index contributed by atoms with van der Waals surface area (Å²) in [5.74, 6) is 0.288. The fourth-order valence-corrected chi connectivity index (χ4v) is 2.27. The SMILES string of the molecule is O=C1CCCc2cn(-c3ccccc3)cc21. The Labute approximate surface area is 94.5 Å². The zero-order valence-electron chi connectivity index (χ0n) is 9.02. The van der Waals surface area contributed by atoms with Crippen LogP contribution in [0.3, 0.4) is 0 Å².